The molecule has 0 saturated heterocycles. The second kappa shape index (κ2) is 11.9. The topological polar surface area (TPSA) is 49.9 Å². The third-order valence-electron chi connectivity index (χ3n) is 5.05. The molecule has 10 heteroatoms. The second-order valence-electron chi connectivity index (χ2n) is 7.22. The van der Waals surface area contributed by atoms with E-state index in [1.165, 1.54) is 4.90 Å². The lowest BCUT2D eigenvalue weighted by Gasteiger charge is -2.40. The fourth-order valence-corrected chi connectivity index (χ4v) is 4.35. The van der Waals surface area contributed by atoms with Crippen LogP contribution in [0, 0.1) is 0 Å². The Bertz CT molecular complexity index is 701. The molecule has 1 aromatic rings. The van der Waals surface area contributed by atoms with Crippen LogP contribution in [0.15, 0.2) is 30.3 Å². The molecule has 30 heavy (non-hydrogen) atoms. The standard InChI is InChI=1S/C20H25Cl5N2O3/c1-26(19(29)30-13-20(23,24)25)17-12-14(22)6-5-9-16(17)27(18(28)10-11-21)15-7-3-2-4-8-15/h2-4,7-8,14,16-17H,5-6,9-13H2,1H3/t14?,16-,17-/m1/s1. The molecule has 0 spiro atoms. The van der Waals surface area contributed by atoms with Gasteiger partial charge in [0.05, 0.1) is 12.1 Å². The molecular weight excluding hydrogens is 493 g/mol. The van der Waals surface area contributed by atoms with E-state index >= 15 is 0 Å². The second-order valence-corrected chi connectivity index (χ2v) is 10.7. The summed E-state index contributed by atoms with van der Waals surface area (Å²) in [5, 5.41) is -0.135. The van der Waals surface area contributed by atoms with Gasteiger partial charge in [-0.2, -0.15) is 0 Å². The summed E-state index contributed by atoms with van der Waals surface area (Å²) in [6, 6.07) is 8.68. The van der Waals surface area contributed by atoms with Gasteiger partial charge in [0.2, 0.25) is 9.70 Å². The highest BCUT2D eigenvalue weighted by atomic mass is 35.6. The van der Waals surface area contributed by atoms with Crippen LogP contribution in [0.25, 0.3) is 0 Å². The third kappa shape index (κ3) is 7.52. The molecule has 1 unspecified atom stereocenters. The number of nitrogens with zero attached hydrogens (tertiary/aromatic N) is 2. The minimum atomic E-state index is -1.71. The zero-order valence-electron chi connectivity index (χ0n) is 16.6. The molecule has 0 N–H and O–H groups in total. The lowest BCUT2D eigenvalue weighted by molar-refractivity contribution is -0.119. The molecule has 2 amide bonds. The summed E-state index contributed by atoms with van der Waals surface area (Å²) >= 11 is 29.5. The van der Waals surface area contributed by atoms with Gasteiger partial charge in [0.25, 0.3) is 0 Å². The smallest absolute Gasteiger partial charge is 0.409 e. The number of rotatable bonds is 6. The van der Waals surface area contributed by atoms with Crippen molar-refractivity contribution in [1.82, 2.24) is 4.90 Å². The summed E-state index contributed by atoms with van der Waals surface area (Å²) < 4.78 is 3.46. The Balaban J connectivity index is 2.35. The van der Waals surface area contributed by atoms with E-state index in [0.29, 0.717) is 12.8 Å². The van der Waals surface area contributed by atoms with Crippen molar-refractivity contribution in [3.63, 3.8) is 0 Å². The Hall–Kier alpha value is -0.590. The highest BCUT2D eigenvalue weighted by Gasteiger charge is 2.39. The number of alkyl halides is 5. The maximum absolute atomic E-state index is 13.1. The van der Waals surface area contributed by atoms with Gasteiger partial charge in [0.15, 0.2) is 0 Å². The van der Waals surface area contributed by atoms with Crippen LogP contribution >= 0.6 is 58.0 Å². The van der Waals surface area contributed by atoms with Crippen molar-refractivity contribution in [2.45, 2.75) is 53.4 Å². The van der Waals surface area contributed by atoms with Crippen LogP contribution < -0.4 is 4.90 Å². The van der Waals surface area contributed by atoms with E-state index in [1.54, 1.807) is 11.9 Å². The van der Waals surface area contributed by atoms with Gasteiger partial charge in [-0.1, -0.05) is 53.0 Å². The average Bonchev–Trinajstić information content (AvgIpc) is 2.88. The molecule has 1 saturated carbocycles. The van der Waals surface area contributed by atoms with E-state index in [9.17, 15) is 9.59 Å². The lowest BCUT2D eigenvalue weighted by Crippen LogP contribution is -2.55. The SMILES string of the molecule is CN(C(=O)OCC(Cl)(Cl)Cl)[C@@H]1CC(Cl)CCC[C@H]1N(C(=O)CCCl)c1ccccc1. The van der Waals surface area contributed by atoms with E-state index in [4.69, 9.17) is 62.7 Å². The number of amides is 2. The third-order valence-corrected chi connectivity index (χ3v) is 5.96. The predicted molar refractivity (Wildman–Crippen MR) is 124 cm³/mol. The number of hydrogen-bond donors (Lipinski definition) is 0. The average molecular weight is 519 g/mol. The minimum absolute atomic E-state index is 0.109. The molecule has 168 valence electrons. The van der Waals surface area contributed by atoms with Crippen molar-refractivity contribution in [1.29, 1.82) is 0 Å². The Morgan fingerprint density at radius 1 is 1.13 bits per heavy atom. The summed E-state index contributed by atoms with van der Waals surface area (Å²) in [6.45, 7) is -0.379. The Morgan fingerprint density at radius 2 is 1.80 bits per heavy atom. The van der Waals surface area contributed by atoms with Crippen LogP contribution in [0.4, 0.5) is 10.5 Å². The zero-order valence-corrected chi connectivity index (χ0v) is 20.4. The zero-order chi connectivity index (χ0) is 22.3. The lowest BCUT2D eigenvalue weighted by atomic mass is 9.98. The van der Waals surface area contributed by atoms with Crippen molar-refractivity contribution < 1.29 is 14.3 Å². The first-order valence-electron chi connectivity index (χ1n) is 9.67. The minimum Gasteiger partial charge on any atom is -0.445 e. The molecule has 1 aromatic carbocycles. The van der Waals surface area contributed by atoms with Gasteiger partial charge < -0.3 is 14.5 Å². The molecule has 3 atom stereocenters. The van der Waals surface area contributed by atoms with E-state index in [1.807, 2.05) is 30.3 Å². The van der Waals surface area contributed by atoms with Crippen molar-refractivity contribution in [3.8, 4) is 0 Å². The van der Waals surface area contributed by atoms with Gasteiger partial charge in [0, 0.05) is 30.4 Å². The molecule has 0 heterocycles. The molecule has 2 rings (SSSR count). The van der Waals surface area contributed by atoms with Crippen molar-refractivity contribution in [2.24, 2.45) is 0 Å². The number of carbonyl (C=O) groups excluding carboxylic acids is 2. The molecule has 0 bridgehead atoms. The molecule has 0 aromatic heterocycles. The van der Waals surface area contributed by atoms with Gasteiger partial charge in [-0.05, 0) is 37.8 Å². The normalized spacial score (nSPS) is 22.1. The maximum atomic E-state index is 13.1. The first-order valence-corrected chi connectivity index (χ1v) is 11.8. The summed E-state index contributed by atoms with van der Waals surface area (Å²) in [6.07, 6.45) is 2.34. The number of hydrogen-bond acceptors (Lipinski definition) is 3. The van der Waals surface area contributed by atoms with Crippen molar-refractivity contribution >= 4 is 75.7 Å². The monoisotopic (exact) mass is 516 g/mol. The van der Waals surface area contributed by atoms with Crippen LogP contribution in [0.1, 0.15) is 32.1 Å². The summed E-state index contributed by atoms with van der Waals surface area (Å²) in [7, 11) is 1.61. The van der Waals surface area contributed by atoms with Gasteiger partial charge in [-0.25, -0.2) is 4.79 Å². The predicted octanol–water partition coefficient (Wildman–Crippen LogP) is 6.01. The Morgan fingerprint density at radius 3 is 2.40 bits per heavy atom. The quantitative estimate of drug-likeness (QED) is 0.343. The summed E-state index contributed by atoms with van der Waals surface area (Å²) in [5.41, 5.74) is 0.749. The number of benzene rings is 1. The summed E-state index contributed by atoms with van der Waals surface area (Å²) in [4.78, 5) is 28.9. The maximum Gasteiger partial charge on any atom is 0.409 e. The highest BCUT2D eigenvalue weighted by Crippen LogP contribution is 2.33. The van der Waals surface area contributed by atoms with E-state index in [-0.39, 0.29) is 42.3 Å². The number of carbonyl (C=O) groups is 2. The van der Waals surface area contributed by atoms with Gasteiger partial charge >= 0.3 is 6.09 Å². The van der Waals surface area contributed by atoms with Crippen molar-refractivity contribution in [3.05, 3.63) is 30.3 Å². The first kappa shape index (κ1) is 25.7. The molecule has 5 nitrogen and oxygen atoms in total. The molecule has 1 aliphatic rings. The van der Waals surface area contributed by atoms with Gasteiger partial charge in [0.1, 0.15) is 6.61 Å². The number of likely N-dealkylation sites (N-methyl/N-ethyl adjacent to an activating group) is 1. The largest absolute Gasteiger partial charge is 0.445 e. The molecule has 0 radical (unpaired) electrons. The fourth-order valence-electron chi connectivity index (χ4n) is 3.69. The van der Waals surface area contributed by atoms with Crippen LogP contribution in [0.2, 0.25) is 0 Å². The van der Waals surface area contributed by atoms with Crippen LogP contribution in [-0.2, 0) is 9.53 Å². The van der Waals surface area contributed by atoms with Gasteiger partial charge in [-0.3, -0.25) is 4.79 Å². The number of anilines is 1. The number of para-hydroxylation sites is 1. The molecular formula is C20H25Cl5N2O3. The molecule has 1 fully saturated rings. The molecule has 0 aliphatic heterocycles. The molecule has 1 aliphatic carbocycles. The first-order chi connectivity index (χ1) is 14.1. The van der Waals surface area contributed by atoms with Gasteiger partial charge in [-0.15, -0.1) is 23.2 Å². The number of halogens is 5. The van der Waals surface area contributed by atoms with Crippen LogP contribution in [0.5, 0.6) is 0 Å². The van der Waals surface area contributed by atoms with E-state index < -0.39 is 9.89 Å². The van der Waals surface area contributed by atoms with Crippen molar-refractivity contribution in [2.75, 3.05) is 24.4 Å². The fraction of sp³-hybridized carbons (Fsp3) is 0.600. The highest BCUT2D eigenvalue weighted by molar-refractivity contribution is 6.67. The Kier molecular flexibility index (Phi) is 10.2. The Labute approximate surface area is 202 Å². The van der Waals surface area contributed by atoms with Crippen LogP contribution in [-0.4, -0.2) is 57.7 Å². The van der Waals surface area contributed by atoms with Crippen LogP contribution in [0.3, 0.4) is 0 Å². The number of ether oxygens (including phenoxy) is 1. The van der Waals surface area contributed by atoms with E-state index in [2.05, 4.69) is 0 Å². The summed E-state index contributed by atoms with van der Waals surface area (Å²) in [5.74, 6) is 0.0982. The van der Waals surface area contributed by atoms with E-state index in [0.717, 1.165) is 18.5 Å².